The molecule has 1 saturated carbocycles. The molecule has 0 aromatic heterocycles. The fraction of sp³-hybridized carbons (Fsp3) is 0.625. The predicted molar refractivity (Wildman–Crippen MR) is 81.6 cm³/mol. The zero-order valence-corrected chi connectivity index (χ0v) is 12.9. The highest BCUT2D eigenvalue weighted by molar-refractivity contribution is 9.10. The molecule has 1 aliphatic heterocycles. The van der Waals surface area contributed by atoms with Crippen molar-refractivity contribution in [1.29, 1.82) is 0 Å². The average Bonchev–Trinajstić information content (AvgIpc) is 2.96. The molecule has 3 heteroatoms. The molecule has 2 aliphatic rings. The van der Waals surface area contributed by atoms with Gasteiger partial charge in [0.2, 0.25) is 0 Å². The summed E-state index contributed by atoms with van der Waals surface area (Å²) in [4.78, 5) is 2.67. The van der Waals surface area contributed by atoms with E-state index in [1.54, 1.807) is 0 Å². The van der Waals surface area contributed by atoms with Crippen LogP contribution in [0.5, 0.6) is 5.75 Å². The molecule has 3 rings (SSSR count). The van der Waals surface area contributed by atoms with Crippen LogP contribution in [0.4, 0.5) is 0 Å². The van der Waals surface area contributed by atoms with Crippen LogP contribution >= 0.6 is 15.9 Å². The van der Waals surface area contributed by atoms with E-state index in [-0.39, 0.29) is 0 Å². The van der Waals surface area contributed by atoms with E-state index in [9.17, 15) is 0 Å². The molecule has 1 aliphatic carbocycles. The van der Waals surface area contributed by atoms with Crippen molar-refractivity contribution in [2.75, 3.05) is 13.1 Å². The third-order valence-electron chi connectivity index (χ3n) is 4.37. The van der Waals surface area contributed by atoms with Crippen molar-refractivity contribution in [3.8, 4) is 5.75 Å². The zero-order chi connectivity index (χ0) is 13.1. The van der Waals surface area contributed by atoms with Crippen LogP contribution in [0.25, 0.3) is 0 Å². The molecule has 1 aromatic carbocycles. The molecule has 0 amide bonds. The maximum atomic E-state index is 6.14. The molecule has 104 valence electrons. The summed E-state index contributed by atoms with van der Waals surface area (Å²) in [6, 6.07) is 9.04. The van der Waals surface area contributed by atoms with Crippen molar-refractivity contribution >= 4 is 15.9 Å². The minimum atomic E-state index is 0.371. The SMILES string of the molecule is Brc1ccc(OC2CCCN(C3CCCC3)C2)cc1. The Labute approximate surface area is 124 Å². The monoisotopic (exact) mass is 323 g/mol. The second kappa shape index (κ2) is 6.27. The number of halogens is 1. The van der Waals surface area contributed by atoms with Gasteiger partial charge in [0.05, 0.1) is 0 Å². The maximum Gasteiger partial charge on any atom is 0.119 e. The van der Waals surface area contributed by atoms with Gasteiger partial charge in [0.1, 0.15) is 11.9 Å². The second-order valence-corrected chi connectivity index (χ2v) is 6.68. The van der Waals surface area contributed by atoms with Crippen LogP contribution < -0.4 is 4.74 Å². The third-order valence-corrected chi connectivity index (χ3v) is 4.90. The van der Waals surface area contributed by atoms with Gasteiger partial charge in [-0.25, -0.2) is 0 Å². The van der Waals surface area contributed by atoms with E-state index in [0.717, 1.165) is 22.8 Å². The molecule has 1 saturated heterocycles. The molecular formula is C16H22BrNO. The summed E-state index contributed by atoms with van der Waals surface area (Å²) >= 11 is 3.46. The highest BCUT2D eigenvalue weighted by atomic mass is 79.9. The smallest absolute Gasteiger partial charge is 0.119 e. The van der Waals surface area contributed by atoms with Gasteiger partial charge in [0.15, 0.2) is 0 Å². The minimum Gasteiger partial charge on any atom is -0.489 e. The number of piperidine rings is 1. The molecule has 0 radical (unpaired) electrons. The lowest BCUT2D eigenvalue weighted by molar-refractivity contribution is 0.0629. The van der Waals surface area contributed by atoms with Gasteiger partial charge in [-0.3, -0.25) is 4.90 Å². The first-order chi connectivity index (χ1) is 9.31. The largest absolute Gasteiger partial charge is 0.489 e. The number of hydrogen-bond donors (Lipinski definition) is 0. The summed E-state index contributed by atoms with van der Waals surface area (Å²) in [5.41, 5.74) is 0. The van der Waals surface area contributed by atoms with Crippen LogP contribution in [0.15, 0.2) is 28.7 Å². The lowest BCUT2D eigenvalue weighted by Gasteiger charge is -2.36. The Balaban J connectivity index is 1.57. The summed E-state index contributed by atoms with van der Waals surface area (Å²) < 4.78 is 7.25. The van der Waals surface area contributed by atoms with Gasteiger partial charge in [0.25, 0.3) is 0 Å². The Morgan fingerprint density at radius 3 is 2.47 bits per heavy atom. The lowest BCUT2D eigenvalue weighted by atomic mass is 10.0. The molecular weight excluding hydrogens is 302 g/mol. The fourth-order valence-corrected chi connectivity index (χ4v) is 3.63. The standard InChI is InChI=1S/C16H22BrNO/c17-13-7-9-15(10-8-13)19-16-6-3-11-18(12-16)14-4-1-2-5-14/h7-10,14,16H,1-6,11-12H2. The Morgan fingerprint density at radius 2 is 1.74 bits per heavy atom. The van der Waals surface area contributed by atoms with Crippen LogP contribution in [0.2, 0.25) is 0 Å². The topological polar surface area (TPSA) is 12.5 Å². The number of benzene rings is 1. The molecule has 0 bridgehead atoms. The van der Waals surface area contributed by atoms with Gasteiger partial charge in [-0.2, -0.15) is 0 Å². The molecule has 1 heterocycles. The van der Waals surface area contributed by atoms with E-state index in [2.05, 4.69) is 33.0 Å². The predicted octanol–water partition coefficient (Wildman–Crippen LogP) is 4.23. The molecule has 19 heavy (non-hydrogen) atoms. The van der Waals surface area contributed by atoms with Crippen LogP contribution in [-0.2, 0) is 0 Å². The minimum absolute atomic E-state index is 0.371. The van der Waals surface area contributed by atoms with Crippen LogP contribution in [0.1, 0.15) is 38.5 Å². The third kappa shape index (κ3) is 3.51. The van der Waals surface area contributed by atoms with Crippen LogP contribution in [0.3, 0.4) is 0 Å². The summed E-state index contributed by atoms with van der Waals surface area (Å²) in [5.74, 6) is 1.00. The Morgan fingerprint density at radius 1 is 1.00 bits per heavy atom. The molecule has 2 nitrogen and oxygen atoms in total. The highest BCUT2D eigenvalue weighted by Crippen LogP contribution is 2.27. The van der Waals surface area contributed by atoms with Crippen LogP contribution in [-0.4, -0.2) is 30.1 Å². The summed E-state index contributed by atoms with van der Waals surface area (Å²) in [6.45, 7) is 2.38. The first-order valence-electron chi connectivity index (χ1n) is 7.47. The van der Waals surface area contributed by atoms with Crippen molar-refractivity contribution in [3.05, 3.63) is 28.7 Å². The molecule has 1 unspecified atom stereocenters. The Kier molecular flexibility index (Phi) is 4.44. The number of nitrogens with zero attached hydrogens (tertiary/aromatic N) is 1. The Hall–Kier alpha value is -0.540. The molecule has 2 fully saturated rings. The number of ether oxygens (including phenoxy) is 1. The van der Waals surface area contributed by atoms with Crippen molar-refractivity contribution in [3.63, 3.8) is 0 Å². The van der Waals surface area contributed by atoms with Gasteiger partial charge < -0.3 is 4.74 Å². The first kappa shape index (κ1) is 13.4. The fourth-order valence-electron chi connectivity index (χ4n) is 3.37. The molecule has 0 N–H and O–H groups in total. The number of rotatable bonds is 3. The van der Waals surface area contributed by atoms with E-state index < -0.39 is 0 Å². The number of hydrogen-bond acceptors (Lipinski definition) is 2. The van der Waals surface area contributed by atoms with E-state index in [1.807, 2.05) is 12.1 Å². The van der Waals surface area contributed by atoms with Crippen molar-refractivity contribution < 1.29 is 4.74 Å². The van der Waals surface area contributed by atoms with Gasteiger partial charge in [-0.05, 0) is 56.5 Å². The van der Waals surface area contributed by atoms with E-state index in [1.165, 1.54) is 45.1 Å². The van der Waals surface area contributed by atoms with Crippen molar-refractivity contribution in [2.24, 2.45) is 0 Å². The first-order valence-corrected chi connectivity index (χ1v) is 8.27. The normalized spacial score (nSPS) is 25.6. The molecule has 0 spiro atoms. The highest BCUT2D eigenvalue weighted by Gasteiger charge is 2.28. The zero-order valence-electron chi connectivity index (χ0n) is 11.4. The van der Waals surface area contributed by atoms with E-state index in [0.29, 0.717) is 6.10 Å². The molecule has 1 aromatic rings. The van der Waals surface area contributed by atoms with Gasteiger partial charge in [-0.15, -0.1) is 0 Å². The summed E-state index contributed by atoms with van der Waals surface area (Å²) in [7, 11) is 0. The summed E-state index contributed by atoms with van der Waals surface area (Å²) in [5, 5.41) is 0. The van der Waals surface area contributed by atoms with Crippen LogP contribution in [0, 0.1) is 0 Å². The molecule has 1 atom stereocenters. The number of likely N-dealkylation sites (tertiary alicyclic amines) is 1. The van der Waals surface area contributed by atoms with Gasteiger partial charge >= 0.3 is 0 Å². The summed E-state index contributed by atoms with van der Waals surface area (Å²) in [6.07, 6.45) is 8.46. The quantitative estimate of drug-likeness (QED) is 0.825. The average molecular weight is 324 g/mol. The van der Waals surface area contributed by atoms with Crippen molar-refractivity contribution in [1.82, 2.24) is 4.90 Å². The second-order valence-electron chi connectivity index (χ2n) is 5.77. The lowest BCUT2D eigenvalue weighted by Crippen LogP contribution is -2.45. The van der Waals surface area contributed by atoms with E-state index >= 15 is 0 Å². The van der Waals surface area contributed by atoms with Crippen molar-refractivity contribution in [2.45, 2.75) is 50.7 Å². The van der Waals surface area contributed by atoms with Gasteiger partial charge in [-0.1, -0.05) is 28.8 Å². The Bertz CT molecular complexity index is 400. The van der Waals surface area contributed by atoms with E-state index in [4.69, 9.17) is 4.74 Å². The van der Waals surface area contributed by atoms with Gasteiger partial charge in [0, 0.05) is 17.1 Å². The maximum absolute atomic E-state index is 6.14.